The molecular weight excluding hydrogens is 230 g/mol. The van der Waals surface area contributed by atoms with E-state index in [-0.39, 0.29) is 17.6 Å². The highest BCUT2D eigenvalue weighted by Gasteiger charge is 2.35. The zero-order chi connectivity index (χ0) is 13.2. The third kappa shape index (κ3) is 3.69. The molecule has 4 nitrogen and oxygen atoms in total. The van der Waals surface area contributed by atoms with Gasteiger partial charge in [0.25, 0.3) is 0 Å². The topological polar surface area (TPSA) is 38.8 Å². The number of rotatable bonds is 3. The molecule has 0 bridgehead atoms. The van der Waals surface area contributed by atoms with Crippen molar-refractivity contribution < 1.29 is 14.3 Å². The number of ether oxygens (including phenoxy) is 2. The van der Waals surface area contributed by atoms with Gasteiger partial charge < -0.3 is 9.47 Å². The smallest absolute Gasteiger partial charge is 0.323 e. The van der Waals surface area contributed by atoms with Gasteiger partial charge in [-0.2, -0.15) is 0 Å². The van der Waals surface area contributed by atoms with E-state index < -0.39 is 0 Å². The molecule has 2 aliphatic heterocycles. The maximum atomic E-state index is 12.1. The fourth-order valence-electron chi connectivity index (χ4n) is 2.74. The van der Waals surface area contributed by atoms with Crippen molar-refractivity contribution in [3.63, 3.8) is 0 Å². The molecule has 0 saturated carbocycles. The van der Waals surface area contributed by atoms with Gasteiger partial charge in [0.1, 0.15) is 11.6 Å². The predicted octanol–water partition coefficient (Wildman–Crippen LogP) is 1.83. The largest absolute Gasteiger partial charge is 0.459 e. The Morgan fingerprint density at radius 2 is 2.17 bits per heavy atom. The Morgan fingerprint density at radius 1 is 1.39 bits per heavy atom. The third-order valence-corrected chi connectivity index (χ3v) is 3.56. The van der Waals surface area contributed by atoms with Crippen LogP contribution in [-0.4, -0.2) is 48.8 Å². The van der Waals surface area contributed by atoms with Crippen LogP contribution in [0.5, 0.6) is 0 Å². The summed E-state index contributed by atoms with van der Waals surface area (Å²) in [6.45, 7) is 9.48. The van der Waals surface area contributed by atoms with Gasteiger partial charge >= 0.3 is 5.97 Å². The molecule has 1 unspecified atom stereocenters. The van der Waals surface area contributed by atoms with Crippen LogP contribution in [0.3, 0.4) is 0 Å². The summed E-state index contributed by atoms with van der Waals surface area (Å²) in [6.07, 6.45) is 3.15. The van der Waals surface area contributed by atoms with Crippen LogP contribution in [-0.2, 0) is 14.3 Å². The van der Waals surface area contributed by atoms with Crippen LogP contribution in [0.25, 0.3) is 0 Å². The van der Waals surface area contributed by atoms with Gasteiger partial charge in [-0.15, -0.1) is 0 Å². The molecule has 2 saturated heterocycles. The fraction of sp³-hybridized carbons (Fsp3) is 0.929. The van der Waals surface area contributed by atoms with E-state index in [1.54, 1.807) is 0 Å². The van der Waals surface area contributed by atoms with Gasteiger partial charge in [0.15, 0.2) is 0 Å². The molecule has 4 heteroatoms. The Morgan fingerprint density at radius 3 is 2.78 bits per heavy atom. The average Bonchev–Trinajstić information content (AvgIpc) is 2.86. The van der Waals surface area contributed by atoms with Gasteiger partial charge in [-0.25, -0.2) is 0 Å². The summed E-state index contributed by atoms with van der Waals surface area (Å²) in [5.74, 6) is 0.534. The highest BCUT2D eigenvalue weighted by Crippen LogP contribution is 2.24. The van der Waals surface area contributed by atoms with Gasteiger partial charge in [-0.3, -0.25) is 9.69 Å². The Bertz CT molecular complexity index is 292. The molecule has 2 heterocycles. The van der Waals surface area contributed by atoms with Gasteiger partial charge in [-0.05, 0) is 52.5 Å². The first-order valence-corrected chi connectivity index (χ1v) is 7.00. The van der Waals surface area contributed by atoms with Crippen LogP contribution in [0.1, 0.15) is 40.0 Å². The molecule has 18 heavy (non-hydrogen) atoms. The van der Waals surface area contributed by atoms with E-state index >= 15 is 0 Å². The summed E-state index contributed by atoms with van der Waals surface area (Å²) < 4.78 is 10.9. The van der Waals surface area contributed by atoms with Gasteiger partial charge in [-0.1, -0.05) is 0 Å². The lowest BCUT2D eigenvalue weighted by molar-refractivity contribution is -0.160. The van der Waals surface area contributed by atoms with Crippen molar-refractivity contribution in [2.45, 2.75) is 51.7 Å². The van der Waals surface area contributed by atoms with Gasteiger partial charge in [0.05, 0.1) is 6.61 Å². The van der Waals surface area contributed by atoms with E-state index in [0.717, 1.165) is 45.6 Å². The summed E-state index contributed by atoms with van der Waals surface area (Å²) >= 11 is 0. The minimum atomic E-state index is -0.387. The zero-order valence-electron chi connectivity index (χ0n) is 11.8. The summed E-state index contributed by atoms with van der Waals surface area (Å²) in [4.78, 5) is 14.4. The van der Waals surface area contributed by atoms with E-state index in [1.807, 2.05) is 20.8 Å². The highest BCUT2D eigenvalue weighted by molar-refractivity contribution is 5.76. The molecule has 0 radical (unpaired) electrons. The second-order valence-electron chi connectivity index (χ2n) is 6.42. The molecule has 104 valence electrons. The van der Waals surface area contributed by atoms with Gasteiger partial charge in [0, 0.05) is 13.2 Å². The maximum Gasteiger partial charge on any atom is 0.323 e. The summed E-state index contributed by atoms with van der Waals surface area (Å²) in [5.41, 5.74) is -0.387. The van der Waals surface area contributed by atoms with E-state index in [4.69, 9.17) is 9.47 Å². The first-order valence-electron chi connectivity index (χ1n) is 7.00. The molecular formula is C14H25NO3. The second-order valence-corrected chi connectivity index (χ2v) is 6.42. The standard InChI is InChI=1S/C14H25NO3/c1-14(2,3)18-13(16)12-5-4-7-15(12)9-11-6-8-17-10-11/h11-12H,4-10H2,1-3H3/t11?,12-/m1/s1. The number of hydrogen-bond acceptors (Lipinski definition) is 4. The summed E-state index contributed by atoms with van der Waals surface area (Å²) in [6, 6.07) is -0.0372. The number of hydrogen-bond donors (Lipinski definition) is 0. The van der Waals surface area contributed by atoms with Crippen molar-refractivity contribution >= 4 is 5.97 Å². The molecule has 2 fully saturated rings. The molecule has 0 N–H and O–H groups in total. The van der Waals surface area contributed by atoms with Crippen molar-refractivity contribution in [3.8, 4) is 0 Å². The lowest BCUT2D eigenvalue weighted by Gasteiger charge is -2.28. The molecule has 2 aliphatic rings. The summed E-state index contributed by atoms with van der Waals surface area (Å²) in [7, 11) is 0. The van der Waals surface area contributed by atoms with Crippen LogP contribution in [0.15, 0.2) is 0 Å². The number of nitrogens with zero attached hydrogens (tertiary/aromatic N) is 1. The average molecular weight is 255 g/mol. The van der Waals surface area contributed by atoms with Crippen LogP contribution in [0.2, 0.25) is 0 Å². The first-order chi connectivity index (χ1) is 8.46. The van der Waals surface area contributed by atoms with E-state index in [1.165, 1.54) is 0 Å². The quantitative estimate of drug-likeness (QED) is 0.721. The molecule has 0 aromatic carbocycles. The van der Waals surface area contributed by atoms with Crippen LogP contribution < -0.4 is 0 Å². The van der Waals surface area contributed by atoms with E-state index in [2.05, 4.69) is 4.90 Å². The normalized spacial score (nSPS) is 29.7. The molecule has 0 spiro atoms. The Kier molecular flexibility index (Phi) is 4.28. The molecule has 0 aromatic heterocycles. The molecule has 0 aromatic rings. The third-order valence-electron chi connectivity index (χ3n) is 3.56. The Labute approximate surface area is 110 Å². The van der Waals surface area contributed by atoms with Gasteiger partial charge in [0.2, 0.25) is 0 Å². The minimum Gasteiger partial charge on any atom is -0.459 e. The van der Waals surface area contributed by atoms with E-state index in [0.29, 0.717) is 5.92 Å². The van der Waals surface area contributed by atoms with Crippen molar-refractivity contribution in [1.82, 2.24) is 4.90 Å². The van der Waals surface area contributed by atoms with Crippen molar-refractivity contribution in [2.75, 3.05) is 26.3 Å². The molecule has 0 aliphatic carbocycles. The van der Waals surface area contributed by atoms with Crippen LogP contribution >= 0.6 is 0 Å². The number of likely N-dealkylation sites (tertiary alicyclic amines) is 1. The van der Waals surface area contributed by atoms with Crippen LogP contribution in [0, 0.1) is 5.92 Å². The first kappa shape index (κ1) is 13.8. The Hall–Kier alpha value is -0.610. The zero-order valence-corrected chi connectivity index (χ0v) is 11.8. The predicted molar refractivity (Wildman–Crippen MR) is 69.4 cm³/mol. The van der Waals surface area contributed by atoms with Crippen molar-refractivity contribution in [2.24, 2.45) is 5.92 Å². The number of carbonyl (C=O) groups is 1. The Balaban J connectivity index is 1.88. The molecule has 2 atom stereocenters. The minimum absolute atomic E-state index is 0.0372. The van der Waals surface area contributed by atoms with Crippen molar-refractivity contribution in [1.29, 1.82) is 0 Å². The molecule has 0 amide bonds. The SMILES string of the molecule is CC(C)(C)OC(=O)[C@H]1CCCN1CC1CCOC1. The van der Waals surface area contributed by atoms with E-state index in [9.17, 15) is 4.79 Å². The summed E-state index contributed by atoms with van der Waals surface area (Å²) in [5, 5.41) is 0. The van der Waals surface area contributed by atoms with Crippen molar-refractivity contribution in [3.05, 3.63) is 0 Å². The highest BCUT2D eigenvalue weighted by atomic mass is 16.6. The second kappa shape index (κ2) is 5.57. The fourth-order valence-corrected chi connectivity index (χ4v) is 2.74. The lowest BCUT2D eigenvalue weighted by atomic mass is 10.1. The number of esters is 1. The number of carbonyl (C=O) groups excluding carboxylic acids is 1. The van der Waals surface area contributed by atoms with Crippen LogP contribution in [0.4, 0.5) is 0 Å². The maximum absolute atomic E-state index is 12.1. The monoisotopic (exact) mass is 255 g/mol. The lowest BCUT2D eigenvalue weighted by Crippen LogP contribution is -2.42. The molecule has 2 rings (SSSR count).